The molecule has 4 aliphatic rings. The molecule has 7 rings (SSSR count). The van der Waals surface area contributed by atoms with Crippen LogP contribution in [-0.2, 0) is 25.5 Å². The Labute approximate surface area is 301 Å². The third-order valence-corrected chi connectivity index (χ3v) is 11.5. The van der Waals surface area contributed by atoms with Crippen molar-refractivity contribution in [1.82, 2.24) is 9.80 Å². The van der Waals surface area contributed by atoms with Crippen LogP contribution in [0.2, 0.25) is 6.32 Å². The SMILES string of the molecule is COCC1=C2[C@@H](CC/C(=C/c3cc(C)c(O)c(C)c3)c3ccccc3)OB(O)C[C@@H]2[C@@H]2C(=O)N(C3CCN(Cc4ccccc4)CC3)C(=O)[C@@H]2C1. The number of imide groups is 1. The van der Waals surface area contributed by atoms with Crippen LogP contribution >= 0.6 is 0 Å². The minimum absolute atomic E-state index is 0.0644. The summed E-state index contributed by atoms with van der Waals surface area (Å²) in [7, 11) is 0.632. The van der Waals surface area contributed by atoms with Crippen LogP contribution in [0.5, 0.6) is 5.75 Å². The molecule has 3 saturated heterocycles. The molecule has 3 aromatic carbocycles. The first-order chi connectivity index (χ1) is 24.7. The molecule has 3 aliphatic heterocycles. The predicted octanol–water partition coefficient (Wildman–Crippen LogP) is 6.44. The molecular formula is C42H49BN2O6. The van der Waals surface area contributed by atoms with Crippen LogP contribution in [0, 0.1) is 31.6 Å². The molecule has 266 valence electrons. The van der Waals surface area contributed by atoms with E-state index in [9.17, 15) is 19.7 Å². The number of piperidine rings is 1. The number of benzene rings is 3. The molecule has 2 amide bonds. The number of hydrogen-bond donors (Lipinski definition) is 2. The van der Waals surface area contributed by atoms with E-state index in [0.717, 1.165) is 71.4 Å². The van der Waals surface area contributed by atoms with E-state index in [0.29, 0.717) is 31.6 Å². The van der Waals surface area contributed by atoms with Gasteiger partial charge in [-0.05, 0) is 115 Å². The van der Waals surface area contributed by atoms with Gasteiger partial charge in [0.25, 0.3) is 0 Å². The number of carbonyl (C=O) groups is 2. The number of aryl methyl sites for hydroxylation is 2. The number of phenols is 1. The number of aromatic hydroxyl groups is 1. The average molecular weight is 689 g/mol. The Morgan fingerprint density at radius 3 is 2.29 bits per heavy atom. The highest BCUT2D eigenvalue weighted by molar-refractivity contribution is 6.43. The monoisotopic (exact) mass is 688 g/mol. The van der Waals surface area contributed by atoms with Crippen LogP contribution in [0.1, 0.15) is 59.9 Å². The van der Waals surface area contributed by atoms with E-state index in [2.05, 4.69) is 47.4 Å². The van der Waals surface area contributed by atoms with Gasteiger partial charge in [0.1, 0.15) is 5.75 Å². The fraction of sp³-hybridized carbons (Fsp3) is 0.429. The van der Waals surface area contributed by atoms with Crippen molar-refractivity contribution < 1.29 is 29.1 Å². The number of carbonyl (C=O) groups excluding carboxylic acids is 2. The summed E-state index contributed by atoms with van der Waals surface area (Å²) in [6.45, 7) is 6.71. The molecule has 0 aromatic heterocycles. The maximum atomic E-state index is 14.4. The van der Waals surface area contributed by atoms with Crippen molar-refractivity contribution in [2.75, 3.05) is 26.8 Å². The van der Waals surface area contributed by atoms with Gasteiger partial charge in [0, 0.05) is 32.8 Å². The van der Waals surface area contributed by atoms with Gasteiger partial charge in [-0.2, -0.15) is 0 Å². The van der Waals surface area contributed by atoms with Crippen molar-refractivity contribution in [1.29, 1.82) is 0 Å². The second kappa shape index (κ2) is 15.3. The van der Waals surface area contributed by atoms with E-state index < -0.39 is 25.1 Å². The fourth-order valence-corrected chi connectivity index (χ4v) is 9.14. The van der Waals surface area contributed by atoms with E-state index >= 15 is 0 Å². The lowest BCUT2D eigenvalue weighted by atomic mass is 9.58. The first kappa shape index (κ1) is 35.4. The van der Waals surface area contributed by atoms with Crippen molar-refractivity contribution in [3.05, 3.63) is 112 Å². The third-order valence-electron chi connectivity index (χ3n) is 11.5. The number of methoxy groups -OCH3 is 1. The van der Waals surface area contributed by atoms with E-state index in [4.69, 9.17) is 9.39 Å². The summed E-state index contributed by atoms with van der Waals surface area (Å²) in [5.74, 6) is -1.06. The number of hydrogen-bond acceptors (Lipinski definition) is 7. The van der Waals surface area contributed by atoms with Gasteiger partial charge in [-0.3, -0.25) is 19.4 Å². The van der Waals surface area contributed by atoms with Crippen LogP contribution < -0.4 is 0 Å². The van der Waals surface area contributed by atoms with Gasteiger partial charge in [-0.1, -0.05) is 66.7 Å². The molecule has 0 saturated carbocycles. The third kappa shape index (κ3) is 7.35. The standard InChI is InChI=1S/C42H49BN2O6/c1-27-20-30(21-28(2)40(27)46)22-32(31-12-8-5-9-13-31)14-15-37-38-33(26-50-3)23-35-39(36(38)24-43(49)51-37)42(48)45(41(35)47)34-16-18-44(19-17-34)25-29-10-6-4-7-11-29/h4-13,20-22,34-37,39,46,49H,14-19,23-26H2,1-3H3/b32-22-/t35-,36+,37-,39-/m1/s1. The van der Waals surface area contributed by atoms with Crippen molar-refractivity contribution in [3.63, 3.8) is 0 Å². The molecule has 8 nitrogen and oxygen atoms in total. The number of rotatable bonds is 10. The first-order valence-electron chi connectivity index (χ1n) is 18.5. The Morgan fingerprint density at radius 2 is 1.63 bits per heavy atom. The van der Waals surface area contributed by atoms with E-state index in [1.807, 2.05) is 50.2 Å². The van der Waals surface area contributed by atoms with Crippen LogP contribution in [0.25, 0.3) is 11.6 Å². The van der Waals surface area contributed by atoms with Gasteiger partial charge in [0.05, 0.1) is 24.5 Å². The van der Waals surface area contributed by atoms with E-state index in [-0.39, 0.29) is 30.1 Å². The van der Waals surface area contributed by atoms with Gasteiger partial charge in [0.2, 0.25) is 11.8 Å². The number of fused-ring (bicyclic) bond motifs is 3. The lowest BCUT2D eigenvalue weighted by molar-refractivity contribution is -0.144. The number of allylic oxidation sites excluding steroid dienone is 1. The van der Waals surface area contributed by atoms with E-state index in [1.165, 1.54) is 5.56 Å². The Bertz CT molecular complexity index is 1780. The Kier molecular flexibility index (Phi) is 10.6. The zero-order valence-corrected chi connectivity index (χ0v) is 30.0. The number of ether oxygens (including phenoxy) is 1. The lowest BCUT2D eigenvalue weighted by Crippen LogP contribution is -2.48. The minimum atomic E-state index is -1.03. The van der Waals surface area contributed by atoms with Gasteiger partial charge in [-0.25, -0.2) is 0 Å². The molecule has 9 heteroatoms. The summed E-state index contributed by atoms with van der Waals surface area (Å²) in [5.41, 5.74) is 8.18. The molecule has 3 aromatic rings. The summed E-state index contributed by atoms with van der Waals surface area (Å²) in [6, 6.07) is 24.5. The highest BCUT2D eigenvalue weighted by Crippen LogP contribution is 2.51. The fourth-order valence-electron chi connectivity index (χ4n) is 9.14. The molecule has 0 spiro atoms. The predicted molar refractivity (Wildman–Crippen MR) is 199 cm³/mol. The van der Waals surface area contributed by atoms with Gasteiger partial charge >= 0.3 is 7.12 Å². The number of phenolic OH excluding ortho intramolecular Hbond substituents is 1. The first-order valence-corrected chi connectivity index (χ1v) is 18.5. The maximum absolute atomic E-state index is 14.4. The number of amides is 2. The summed E-state index contributed by atoms with van der Waals surface area (Å²) in [6.07, 6.45) is 5.29. The Balaban J connectivity index is 1.12. The van der Waals surface area contributed by atoms with Crippen LogP contribution in [0.15, 0.2) is 83.9 Å². The number of likely N-dealkylation sites (tertiary alicyclic amines) is 2. The molecule has 4 atom stereocenters. The number of nitrogens with zero attached hydrogens (tertiary/aromatic N) is 2. The van der Waals surface area contributed by atoms with E-state index in [1.54, 1.807) is 12.0 Å². The second-order valence-electron chi connectivity index (χ2n) is 14.9. The molecule has 2 N–H and O–H groups in total. The molecule has 3 fully saturated rings. The Hall–Kier alpha value is -4.02. The molecule has 3 heterocycles. The van der Waals surface area contributed by atoms with Gasteiger partial charge < -0.3 is 19.5 Å². The zero-order valence-electron chi connectivity index (χ0n) is 30.0. The summed E-state index contributed by atoms with van der Waals surface area (Å²) in [5, 5.41) is 21.5. The van der Waals surface area contributed by atoms with Gasteiger partial charge in [-0.15, -0.1) is 0 Å². The van der Waals surface area contributed by atoms with Crippen LogP contribution in [-0.4, -0.2) is 77.8 Å². The van der Waals surface area contributed by atoms with Crippen molar-refractivity contribution in [2.24, 2.45) is 17.8 Å². The molecule has 0 unspecified atom stereocenters. The average Bonchev–Trinajstić information content (AvgIpc) is 3.38. The van der Waals surface area contributed by atoms with Crippen LogP contribution in [0.4, 0.5) is 0 Å². The normalized spacial score (nSPS) is 24.7. The second-order valence-corrected chi connectivity index (χ2v) is 14.9. The van der Waals surface area contributed by atoms with Crippen molar-refractivity contribution in [2.45, 2.75) is 71.0 Å². The summed E-state index contributed by atoms with van der Waals surface area (Å²) >= 11 is 0. The zero-order chi connectivity index (χ0) is 35.6. The maximum Gasteiger partial charge on any atom is 0.455 e. The molecule has 51 heavy (non-hydrogen) atoms. The highest BCUT2D eigenvalue weighted by atomic mass is 16.5. The summed E-state index contributed by atoms with van der Waals surface area (Å²) in [4.78, 5) is 32.5. The minimum Gasteiger partial charge on any atom is -0.507 e. The Morgan fingerprint density at radius 1 is 0.961 bits per heavy atom. The molecule has 0 radical (unpaired) electrons. The molecular weight excluding hydrogens is 639 g/mol. The van der Waals surface area contributed by atoms with Crippen molar-refractivity contribution >= 4 is 30.6 Å². The van der Waals surface area contributed by atoms with Gasteiger partial charge in [0.15, 0.2) is 0 Å². The van der Waals surface area contributed by atoms with Crippen molar-refractivity contribution in [3.8, 4) is 5.75 Å². The lowest BCUT2D eigenvalue weighted by Gasteiger charge is -2.43. The molecule has 1 aliphatic carbocycles. The quantitative estimate of drug-likeness (QED) is 0.110. The highest BCUT2D eigenvalue weighted by Gasteiger charge is 2.58. The molecule has 0 bridgehead atoms. The smallest absolute Gasteiger partial charge is 0.455 e. The largest absolute Gasteiger partial charge is 0.507 e. The van der Waals surface area contributed by atoms with Crippen LogP contribution in [0.3, 0.4) is 0 Å². The topological polar surface area (TPSA) is 99.5 Å². The summed E-state index contributed by atoms with van der Waals surface area (Å²) < 4.78 is 12.0.